The molecular formula is C14H19F2N5O2. The van der Waals surface area contributed by atoms with Gasteiger partial charge in [0.05, 0.1) is 6.20 Å². The summed E-state index contributed by atoms with van der Waals surface area (Å²) in [7, 11) is 0. The third-order valence-electron chi connectivity index (χ3n) is 3.15. The molecule has 0 spiro atoms. The van der Waals surface area contributed by atoms with Gasteiger partial charge >= 0.3 is 0 Å². The van der Waals surface area contributed by atoms with Crippen LogP contribution in [0.4, 0.5) is 14.6 Å². The van der Waals surface area contributed by atoms with E-state index in [1.54, 1.807) is 10.9 Å². The first-order chi connectivity index (χ1) is 10.9. The molecule has 2 aromatic rings. The number of nitrogen functional groups attached to an aromatic ring is 1. The van der Waals surface area contributed by atoms with Crippen molar-refractivity contribution in [1.82, 2.24) is 19.7 Å². The van der Waals surface area contributed by atoms with Gasteiger partial charge in [0.25, 0.3) is 6.43 Å². The molecule has 0 aliphatic carbocycles. The van der Waals surface area contributed by atoms with Crippen molar-refractivity contribution in [3.63, 3.8) is 0 Å². The van der Waals surface area contributed by atoms with E-state index in [2.05, 4.69) is 15.1 Å². The fourth-order valence-electron chi connectivity index (χ4n) is 1.92. The van der Waals surface area contributed by atoms with E-state index < -0.39 is 12.5 Å². The highest BCUT2D eigenvalue weighted by Crippen LogP contribution is 2.33. The molecule has 126 valence electrons. The van der Waals surface area contributed by atoms with Crippen LogP contribution in [-0.4, -0.2) is 38.9 Å². The number of nitrogens with zero attached hydrogens (tertiary/aromatic N) is 4. The Bertz CT molecular complexity index is 650. The Morgan fingerprint density at radius 2 is 2.04 bits per heavy atom. The van der Waals surface area contributed by atoms with Gasteiger partial charge in [-0.15, -0.1) is 0 Å². The number of nitrogens with two attached hydrogens (primary N) is 1. The molecule has 0 radical (unpaired) electrons. The molecular weight excluding hydrogens is 308 g/mol. The normalized spacial score (nSPS) is 14.0. The molecule has 0 saturated carbocycles. The largest absolute Gasteiger partial charge is 0.479 e. The molecule has 23 heavy (non-hydrogen) atoms. The van der Waals surface area contributed by atoms with E-state index in [9.17, 15) is 8.78 Å². The van der Waals surface area contributed by atoms with Crippen molar-refractivity contribution in [3.8, 4) is 17.0 Å². The topological polar surface area (TPSA) is 88.1 Å². The predicted octanol–water partition coefficient (Wildman–Crippen LogP) is 2.51. The van der Waals surface area contributed by atoms with Crippen LogP contribution >= 0.6 is 0 Å². The van der Waals surface area contributed by atoms with E-state index in [0.717, 1.165) is 0 Å². The third kappa shape index (κ3) is 3.92. The summed E-state index contributed by atoms with van der Waals surface area (Å²) in [4.78, 5) is 7.88. The second-order valence-corrected chi connectivity index (χ2v) is 4.86. The highest BCUT2D eigenvalue weighted by Gasteiger charge is 2.22. The zero-order valence-electron chi connectivity index (χ0n) is 13.1. The third-order valence-corrected chi connectivity index (χ3v) is 3.15. The van der Waals surface area contributed by atoms with Gasteiger partial charge in [0.1, 0.15) is 18.2 Å². The Morgan fingerprint density at radius 3 is 2.70 bits per heavy atom. The van der Waals surface area contributed by atoms with Gasteiger partial charge in [-0.1, -0.05) is 0 Å². The van der Waals surface area contributed by atoms with Gasteiger partial charge in [-0.2, -0.15) is 5.10 Å². The molecule has 0 aliphatic heterocycles. The number of hydrogen-bond acceptors (Lipinski definition) is 6. The maximum atomic E-state index is 12.7. The fourth-order valence-corrected chi connectivity index (χ4v) is 1.92. The van der Waals surface area contributed by atoms with Crippen molar-refractivity contribution in [2.75, 3.05) is 12.3 Å². The van der Waals surface area contributed by atoms with Gasteiger partial charge < -0.3 is 15.2 Å². The standard InChI is InChI=1S/C14H19F2N5O2/c1-4-22-9(3)21-6-10(5-20-21)11-12(14(17)19-7-18-11)23-8(2)13(15)16/h5-9,13H,4H2,1-3H3,(H2,17,18,19). The Labute approximate surface area is 132 Å². The number of alkyl halides is 2. The number of aromatic nitrogens is 4. The molecule has 0 saturated heterocycles. The zero-order chi connectivity index (χ0) is 17.0. The summed E-state index contributed by atoms with van der Waals surface area (Å²) < 4.78 is 37.7. The second-order valence-electron chi connectivity index (χ2n) is 4.86. The Morgan fingerprint density at radius 1 is 1.30 bits per heavy atom. The summed E-state index contributed by atoms with van der Waals surface area (Å²) in [6.07, 6.45) is 0.215. The van der Waals surface area contributed by atoms with E-state index in [1.807, 2.05) is 13.8 Å². The van der Waals surface area contributed by atoms with Crippen molar-refractivity contribution in [2.24, 2.45) is 0 Å². The van der Waals surface area contributed by atoms with Crippen LogP contribution in [0, 0.1) is 0 Å². The first-order valence-electron chi connectivity index (χ1n) is 7.15. The Hall–Kier alpha value is -2.29. The molecule has 9 heteroatoms. The highest BCUT2D eigenvalue weighted by atomic mass is 19.3. The quantitative estimate of drug-likeness (QED) is 0.840. The molecule has 2 heterocycles. The molecule has 0 bridgehead atoms. The minimum absolute atomic E-state index is 0.00638. The summed E-state index contributed by atoms with van der Waals surface area (Å²) in [6.45, 7) is 5.51. The first-order valence-corrected chi connectivity index (χ1v) is 7.15. The van der Waals surface area contributed by atoms with Crippen molar-refractivity contribution in [3.05, 3.63) is 18.7 Å². The Kier molecular flexibility index (Phi) is 5.43. The molecule has 7 nitrogen and oxygen atoms in total. The predicted molar refractivity (Wildman–Crippen MR) is 80.1 cm³/mol. The number of hydrogen-bond donors (Lipinski definition) is 1. The van der Waals surface area contributed by atoms with Gasteiger partial charge in [0.15, 0.2) is 17.7 Å². The van der Waals surface area contributed by atoms with E-state index in [0.29, 0.717) is 17.9 Å². The van der Waals surface area contributed by atoms with Crippen molar-refractivity contribution < 1.29 is 18.3 Å². The van der Waals surface area contributed by atoms with Gasteiger partial charge in [-0.25, -0.2) is 23.4 Å². The molecule has 0 fully saturated rings. The number of halogens is 2. The van der Waals surface area contributed by atoms with E-state index >= 15 is 0 Å². The summed E-state index contributed by atoms with van der Waals surface area (Å²) in [5.74, 6) is 0.0111. The highest BCUT2D eigenvalue weighted by molar-refractivity contribution is 5.70. The van der Waals surface area contributed by atoms with Gasteiger partial charge in [-0.3, -0.25) is 0 Å². The molecule has 0 amide bonds. The maximum absolute atomic E-state index is 12.7. The smallest absolute Gasteiger partial charge is 0.274 e. The molecule has 0 aromatic carbocycles. The second kappa shape index (κ2) is 7.32. The van der Waals surface area contributed by atoms with Crippen LogP contribution in [-0.2, 0) is 4.74 Å². The van der Waals surface area contributed by atoms with Crippen LogP contribution in [0.15, 0.2) is 18.7 Å². The van der Waals surface area contributed by atoms with Crippen molar-refractivity contribution in [1.29, 1.82) is 0 Å². The summed E-state index contributed by atoms with van der Waals surface area (Å²) in [5.41, 5.74) is 6.63. The van der Waals surface area contributed by atoms with Gasteiger partial charge in [0.2, 0.25) is 0 Å². The van der Waals surface area contributed by atoms with Crippen LogP contribution in [0.25, 0.3) is 11.3 Å². The minimum atomic E-state index is -2.65. The van der Waals surface area contributed by atoms with Crippen LogP contribution in [0.5, 0.6) is 5.75 Å². The lowest BCUT2D eigenvalue weighted by Crippen LogP contribution is -2.22. The Balaban J connectivity index is 2.34. The van der Waals surface area contributed by atoms with E-state index in [4.69, 9.17) is 15.2 Å². The monoisotopic (exact) mass is 327 g/mol. The summed E-state index contributed by atoms with van der Waals surface area (Å²) in [5, 5.41) is 4.18. The SMILES string of the molecule is CCOC(C)n1cc(-c2ncnc(N)c2OC(C)C(F)F)cn1. The summed E-state index contributed by atoms with van der Waals surface area (Å²) >= 11 is 0. The molecule has 2 rings (SSSR count). The van der Waals surface area contributed by atoms with Crippen LogP contribution in [0.3, 0.4) is 0 Å². The molecule has 2 N–H and O–H groups in total. The lowest BCUT2D eigenvalue weighted by Gasteiger charge is -2.16. The van der Waals surface area contributed by atoms with Crippen molar-refractivity contribution in [2.45, 2.75) is 39.5 Å². The van der Waals surface area contributed by atoms with E-state index in [1.165, 1.54) is 19.4 Å². The zero-order valence-corrected chi connectivity index (χ0v) is 13.1. The molecule has 2 atom stereocenters. The van der Waals surface area contributed by atoms with Crippen LogP contribution < -0.4 is 10.5 Å². The molecule has 0 aliphatic rings. The van der Waals surface area contributed by atoms with Crippen molar-refractivity contribution >= 4 is 5.82 Å². The molecule has 2 aromatic heterocycles. The first kappa shape index (κ1) is 17.1. The number of anilines is 1. The van der Waals surface area contributed by atoms with Crippen LogP contribution in [0.1, 0.15) is 27.0 Å². The van der Waals surface area contributed by atoms with E-state index in [-0.39, 0.29) is 17.8 Å². The van der Waals surface area contributed by atoms with Crippen LogP contribution in [0.2, 0.25) is 0 Å². The fraction of sp³-hybridized carbons (Fsp3) is 0.500. The average molecular weight is 327 g/mol. The number of ether oxygens (including phenoxy) is 2. The maximum Gasteiger partial charge on any atom is 0.274 e. The lowest BCUT2D eigenvalue weighted by molar-refractivity contribution is 0.0160. The summed E-state index contributed by atoms with van der Waals surface area (Å²) in [6, 6.07) is 0. The minimum Gasteiger partial charge on any atom is -0.479 e. The average Bonchev–Trinajstić information content (AvgIpc) is 2.99. The number of rotatable bonds is 7. The lowest BCUT2D eigenvalue weighted by atomic mass is 10.2. The van der Waals surface area contributed by atoms with Gasteiger partial charge in [0, 0.05) is 18.4 Å². The van der Waals surface area contributed by atoms with Gasteiger partial charge in [-0.05, 0) is 20.8 Å². The molecule has 2 unspecified atom stereocenters.